The molecule has 0 aliphatic carbocycles. The van der Waals surface area contributed by atoms with Gasteiger partial charge in [0.2, 0.25) is 0 Å². The Morgan fingerprint density at radius 3 is 3.25 bits per heavy atom. The van der Waals surface area contributed by atoms with Crippen molar-refractivity contribution in [2.45, 2.75) is 18.1 Å². The van der Waals surface area contributed by atoms with Crippen molar-refractivity contribution in [3.63, 3.8) is 0 Å². The molecule has 2 aromatic rings. The molecule has 0 fully saturated rings. The molecule has 0 aromatic carbocycles. The van der Waals surface area contributed by atoms with Crippen molar-refractivity contribution in [1.29, 1.82) is 0 Å². The Hall–Kier alpha value is -0.450. The molecule has 0 saturated carbocycles. The van der Waals surface area contributed by atoms with Crippen molar-refractivity contribution in [2.24, 2.45) is 0 Å². The van der Waals surface area contributed by atoms with Crippen LogP contribution in [0.3, 0.4) is 0 Å². The highest BCUT2D eigenvalue weighted by Crippen LogP contribution is 2.38. The minimum atomic E-state index is 0.406. The molecule has 2 aromatic heterocycles. The first-order chi connectivity index (χ1) is 7.88. The third kappa shape index (κ3) is 1.79. The second-order valence-electron chi connectivity index (χ2n) is 3.62. The minimum absolute atomic E-state index is 0.406. The van der Waals surface area contributed by atoms with Crippen LogP contribution in [0.2, 0.25) is 0 Å². The first-order valence-electron chi connectivity index (χ1n) is 5.06. The Labute approximate surface area is 107 Å². The minimum Gasteiger partial charge on any atom is -0.442 e. The summed E-state index contributed by atoms with van der Waals surface area (Å²) < 4.78 is 5.43. The number of hydrogen-bond donors (Lipinski definition) is 0. The highest BCUT2D eigenvalue weighted by Gasteiger charge is 2.18. The predicted octanol–water partition coefficient (Wildman–Crippen LogP) is 3.93. The van der Waals surface area contributed by atoms with Gasteiger partial charge in [-0.15, -0.1) is 22.9 Å². The Balaban J connectivity index is 2.03. The van der Waals surface area contributed by atoms with E-state index in [9.17, 15) is 0 Å². The first kappa shape index (κ1) is 10.7. The summed E-state index contributed by atoms with van der Waals surface area (Å²) in [7, 11) is 0. The third-order valence-corrected chi connectivity index (χ3v) is 5.12. The summed E-state index contributed by atoms with van der Waals surface area (Å²) in [6.07, 6.45) is 2.65. The van der Waals surface area contributed by atoms with Gasteiger partial charge in [0.15, 0.2) is 12.2 Å². The van der Waals surface area contributed by atoms with Gasteiger partial charge in [-0.25, -0.2) is 4.98 Å². The number of rotatable bonds is 2. The average molecular weight is 272 g/mol. The quantitative estimate of drug-likeness (QED) is 0.774. The molecule has 0 atom stereocenters. The number of thiophene rings is 1. The number of oxazole rings is 1. The topological polar surface area (TPSA) is 26.0 Å². The van der Waals surface area contributed by atoms with Gasteiger partial charge in [-0.2, -0.15) is 11.8 Å². The summed E-state index contributed by atoms with van der Waals surface area (Å²) in [4.78, 5) is 6.78. The maximum atomic E-state index is 5.83. The molecule has 0 spiro atoms. The normalized spacial score (nSPS) is 15.1. The van der Waals surface area contributed by atoms with Crippen molar-refractivity contribution in [3.05, 3.63) is 28.6 Å². The summed E-state index contributed by atoms with van der Waals surface area (Å²) in [6.45, 7) is 0. The van der Waals surface area contributed by atoms with E-state index in [1.807, 2.05) is 23.1 Å². The van der Waals surface area contributed by atoms with Crippen LogP contribution in [0.25, 0.3) is 10.6 Å². The van der Waals surface area contributed by atoms with Gasteiger partial charge in [0.25, 0.3) is 0 Å². The molecule has 3 heterocycles. The fourth-order valence-corrected chi connectivity index (χ4v) is 4.40. The highest BCUT2D eigenvalue weighted by atomic mass is 35.5. The predicted molar refractivity (Wildman–Crippen MR) is 69.2 cm³/mol. The van der Waals surface area contributed by atoms with Crippen LogP contribution in [-0.2, 0) is 18.1 Å². The van der Waals surface area contributed by atoms with Crippen molar-refractivity contribution in [3.8, 4) is 10.6 Å². The highest BCUT2D eigenvalue weighted by molar-refractivity contribution is 7.98. The van der Waals surface area contributed by atoms with Gasteiger partial charge in [-0.3, -0.25) is 0 Å². The fourth-order valence-electron chi connectivity index (χ4n) is 1.82. The Morgan fingerprint density at radius 2 is 2.44 bits per heavy atom. The SMILES string of the molecule is ClCc1ncoc1-c1cc2c(s1)CCSC2. The fraction of sp³-hybridized carbons (Fsp3) is 0.364. The van der Waals surface area contributed by atoms with Crippen LogP contribution in [-0.4, -0.2) is 10.7 Å². The summed E-state index contributed by atoms with van der Waals surface area (Å²) in [5, 5.41) is 0. The van der Waals surface area contributed by atoms with Gasteiger partial charge < -0.3 is 4.42 Å². The standard InChI is InChI=1S/C11H10ClNOS2/c12-4-8-11(14-6-13-8)10-3-7-5-15-2-1-9(7)16-10/h3,6H,1-2,4-5H2. The number of hydrogen-bond acceptors (Lipinski definition) is 4. The van der Waals surface area contributed by atoms with Crippen LogP contribution in [0.1, 0.15) is 16.1 Å². The number of thioether (sulfide) groups is 1. The van der Waals surface area contributed by atoms with Gasteiger partial charge in [0, 0.05) is 10.6 Å². The lowest BCUT2D eigenvalue weighted by atomic mass is 10.2. The maximum Gasteiger partial charge on any atom is 0.181 e. The van der Waals surface area contributed by atoms with Crippen molar-refractivity contribution < 1.29 is 4.42 Å². The molecular weight excluding hydrogens is 262 g/mol. The molecular formula is C11H10ClNOS2. The van der Waals surface area contributed by atoms with Crippen LogP contribution < -0.4 is 0 Å². The lowest BCUT2D eigenvalue weighted by Gasteiger charge is -2.08. The van der Waals surface area contributed by atoms with E-state index < -0.39 is 0 Å². The molecule has 0 unspecified atom stereocenters. The molecule has 16 heavy (non-hydrogen) atoms. The van der Waals surface area contributed by atoms with Crippen LogP contribution in [0, 0.1) is 0 Å². The van der Waals surface area contributed by atoms with Crippen LogP contribution in [0.4, 0.5) is 0 Å². The lowest BCUT2D eigenvalue weighted by molar-refractivity contribution is 0.572. The molecule has 5 heteroatoms. The summed E-state index contributed by atoms with van der Waals surface area (Å²) in [5.74, 6) is 3.60. The van der Waals surface area contributed by atoms with Gasteiger partial charge in [0.05, 0.1) is 10.8 Å². The molecule has 0 saturated heterocycles. The first-order valence-corrected chi connectivity index (χ1v) is 7.57. The van der Waals surface area contributed by atoms with E-state index in [0.717, 1.165) is 17.2 Å². The van der Waals surface area contributed by atoms with E-state index in [1.165, 1.54) is 33.9 Å². The molecule has 3 rings (SSSR count). The lowest BCUT2D eigenvalue weighted by Crippen LogP contribution is -1.96. The number of nitrogens with zero attached hydrogens (tertiary/aromatic N) is 1. The average Bonchev–Trinajstić information content (AvgIpc) is 2.94. The van der Waals surface area contributed by atoms with E-state index in [-0.39, 0.29) is 0 Å². The van der Waals surface area contributed by atoms with E-state index >= 15 is 0 Å². The van der Waals surface area contributed by atoms with Gasteiger partial charge in [0.1, 0.15) is 5.69 Å². The molecule has 0 bridgehead atoms. The molecule has 84 valence electrons. The third-order valence-electron chi connectivity index (χ3n) is 2.62. The number of aryl methyl sites for hydroxylation is 1. The van der Waals surface area contributed by atoms with Gasteiger partial charge in [-0.05, 0) is 23.8 Å². The smallest absolute Gasteiger partial charge is 0.181 e. The Morgan fingerprint density at radius 1 is 1.50 bits per heavy atom. The van der Waals surface area contributed by atoms with Crippen LogP contribution in [0.5, 0.6) is 0 Å². The maximum absolute atomic E-state index is 5.83. The van der Waals surface area contributed by atoms with Crippen molar-refractivity contribution >= 4 is 34.7 Å². The second kappa shape index (κ2) is 4.43. The number of halogens is 1. The molecule has 0 radical (unpaired) electrons. The van der Waals surface area contributed by atoms with E-state index in [4.69, 9.17) is 16.0 Å². The summed E-state index contributed by atoms with van der Waals surface area (Å²) >= 11 is 9.64. The Kier molecular flexibility index (Phi) is 2.96. The molecule has 0 N–H and O–H groups in total. The van der Waals surface area contributed by atoms with Crippen LogP contribution in [0.15, 0.2) is 16.9 Å². The number of aromatic nitrogens is 1. The van der Waals surface area contributed by atoms with E-state index in [1.54, 1.807) is 0 Å². The molecule has 0 amide bonds. The van der Waals surface area contributed by atoms with Gasteiger partial charge >= 0.3 is 0 Å². The van der Waals surface area contributed by atoms with Crippen LogP contribution >= 0.6 is 34.7 Å². The second-order valence-corrected chi connectivity index (χ2v) is 6.13. The zero-order valence-electron chi connectivity index (χ0n) is 8.53. The van der Waals surface area contributed by atoms with Gasteiger partial charge in [-0.1, -0.05) is 0 Å². The zero-order valence-corrected chi connectivity index (χ0v) is 10.9. The monoisotopic (exact) mass is 271 g/mol. The van der Waals surface area contributed by atoms with E-state index in [0.29, 0.717) is 5.88 Å². The van der Waals surface area contributed by atoms with E-state index in [2.05, 4.69) is 11.1 Å². The number of alkyl halides is 1. The zero-order chi connectivity index (χ0) is 11.0. The molecule has 1 aliphatic heterocycles. The largest absolute Gasteiger partial charge is 0.442 e. The Bertz CT molecular complexity index is 482. The van der Waals surface area contributed by atoms with Crippen molar-refractivity contribution in [2.75, 3.05) is 5.75 Å². The molecule has 1 aliphatic rings. The summed E-state index contributed by atoms with van der Waals surface area (Å²) in [6, 6.07) is 2.22. The van der Waals surface area contributed by atoms with Crippen molar-refractivity contribution in [1.82, 2.24) is 4.98 Å². The summed E-state index contributed by atoms with van der Waals surface area (Å²) in [5.41, 5.74) is 2.29. The number of fused-ring (bicyclic) bond motifs is 1. The molecule has 2 nitrogen and oxygen atoms in total.